The molecule has 0 saturated carbocycles. The number of esters is 2. The first kappa shape index (κ1) is 37.8. The Morgan fingerprint density at radius 3 is 1.47 bits per heavy atom. The lowest BCUT2D eigenvalue weighted by atomic mass is 10.2. The molecule has 0 amide bonds. The molecule has 0 aliphatic carbocycles. The molecule has 0 bridgehead atoms. The van der Waals surface area contributed by atoms with Crippen LogP contribution in [0.25, 0.3) is 0 Å². The topological polar surface area (TPSA) is 121 Å². The summed E-state index contributed by atoms with van der Waals surface area (Å²) in [4.78, 5) is 20.3. The summed E-state index contributed by atoms with van der Waals surface area (Å²) in [5.74, 6) is -1.61. The van der Waals surface area contributed by atoms with E-state index in [-0.39, 0.29) is 15.8 Å². The SMILES string of the molecule is C=C(C)C(=O)OC.CC.COC(=O)C(C)(Cl)CS(=O)(=O)c1ccc(C)cc1.Cc1ccc(S(=O)(=O)Cl)cc1. The molecule has 0 heterocycles. The minimum absolute atomic E-state index is 0.142. The second-order valence-corrected chi connectivity index (χ2v) is 13.2. The minimum Gasteiger partial charge on any atom is -0.468 e. The number of alkyl halides is 1. The molecule has 214 valence electrons. The number of methoxy groups -OCH3 is 2. The van der Waals surface area contributed by atoms with Gasteiger partial charge in [0.15, 0.2) is 14.7 Å². The molecule has 8 nitrogen and oxygen atoms in total. The quantitative estimate of drug-likeness (QED) is 0.179. The van der Waals surface area contributed by atoms with Crippen molar-refractivity contribution in [1.29, 1.82) is 0 Å². The monoisotopic (exact) mass is 610 g/mol. The Morgan fingerprint density at radius 2 is 1.21 bits per heavy atom. The second kappa shape index (κ2) is 17.2. The zero-order valence-corrected chi connectivity index (χ0v) is 26.0. The van der Waals surface area contributed by atoms with E-state index in [1.54, 1.807) is 31.2 Å². The predicted octanol–water partition coefficient (Wildman–Crippen LogP) is 5.62. The highest BCUT2D eigenvalue weighted by Crippen LogP contribution is 2.23. The van der Waals surface area contributed by atoms with Crippen molar-refractivity contribution in [3.63, 3.8) is 0 Å². The van der Waals surface area contributed by atoms with Gasteiger partial charge in [-0.2, -0.15) is 0 Å². The third-order valence-corrected chi connectivity index (χ3v) is 8.05. The van der Waals surface area contributed by atoms with E-state index < -0.39 is 35.5 Å². The molecule has 0 aromatic heterocycles. The maximum absolute atomic E-state index is 12.1. The summed E-state index contributed by atoms with van der Waals surface area (Å²) < 4.78 is 54.3. The minimum atomic E-state index is -3.62. The molecule has 38 heavy (non-hydrogen) atoms. The number of hydrogen-bond acceptors (Lipinski definition) is 8. The van der Waals surface area contributed by atoms with Gasteiger partial charge in [0, 0.05) is 16.3 Å². The lowest BCUT2D eigenvalue weighted by molar-refractivity contribution is -0.142. The van der Waals surface area contributed by atoms with Crippen molar-refractivity contribution in [2.24, 2.45) is 0 Å². The number of rotatable bonds is 6. The fourth-order valence-electron chi connectivity index (χ4n) is 2.33. The number of carbonyl (C=O) groups is 2. The Kier molecular flexibility index (Phi) is 17.1. The van der Waals surface area contributed by atoms with Crippen LogP contribution in [0, 0.1) is 13.8 Å². The van der Waals surface area contributed by atoms with Crippen molar-refractivity contribution in [2.45, 2.75) is 56.2 Å². The number of carbonyl (C=O) groups excluding carboxylic acids is 2. The van der Waals surface area contributed by atoms with Gasteiger partial charge in [0.05, 0.1) is 29.8 Å². The van der Waals surface area contributed by atoms with Crippen LogP contribution in [0.3, 0.4) is 0 Å². The Bertz CT molecular complexity index is 1250. The van der Waals surface area contributed by atoms with E-state index >= 15 is 0 Å². The molecule has 2 aromatic carbocycles. The van der Waals surface area contributed by atoms with Crippen LogP contribution in [0.1, 0.15) is 38.8 Å². The second-order valence-electron chi connectivity index (χ2n) is 7.78. The van der Waals surface area contributed by atoms with Gasteiger partial charge in [-0.25, -0.2) is 21.6 Å². The average molecular weight is 612 g/mol. The van der Waals surface area contributed by atoms with Gasteiger partial charge in [-0.15, -0.1) is 11.6 Å². The Morgan fingerprint density at radius 1 is 0.842 bits per heavy atom. The van der Waals surface area contributed by atoms with E-state index in [1.807, 2.05) is 27.7 Å². The first-order valence-corrected chi connectivity index (χ1v) is 15.5. The van der Waals surface area contributed by atoms with Crippen molar-refractivity contribution in [1.82, 2.24) is 0 Å². The molecule has 0 saturated heterocycles. The van der Waals surface area contributed by atoms with Gasteiger partial charge < -0.3 is 9.47 Å². The zero-order valence-electron chi connectivity index (χ0n) is 22.9. The number of sulfone groups is 1. The number of aryl methyl sites for hydroxylation is 2. The van der Waals surface area contributed by atoms with Gasteiger partial charge in [-0.05, 0) is 52.0 Å². The van der Waals surface area contributed by atoms with Crippen LogP contribution in [0.5, 0.6) is 0 Å². The zero-order chi connectivity index (χ0) is 30.3. The lowest BCUT2D eigenvalue weighted by Crippen LogP contribution is -2.37. The maximum atomic E-state index is 12.1. The summed E-state index contributed by atoms with van der Waals surface area (Å²) in [6.45, 7) is 14.0. The summed E-state index contributed by atoms with van der Waals surface area (Å²) >= 11 is 5.90. The molecule has 1 atom stereocenters. The standard InChI is InChI=1S/C12H15ClO4S.C7H7ClO2S.C5H8O2.C2H6/c1-9-4-6-10(7-5-9)18(15,16)8-12(2,13)11(14)17-3;1-6-2-4-7(5-3-6)11(8,9)10;1-4(2)5(6)7-3;1-2/h4-7H,8H2,1-3H3;2-5H,1H3;1H2,2-3H3;1-2H3. The molecular formula is C26H36Cl2O8S2. The summed E-state index contributed by atoms with van der Waals surface area (Å²) in [5.41, 5.74) is 2.40. The molecule has 0 aliphatic rings. The van der Waals surface area contributed by atoms with E-state index in [0.29, 0.717) is 5.57 Å². The maximum Gasteiger partial charge on any atom is 0.332 e. The third kappa shape index (κ3) is 14.5. The fourth-order valence-corrected chi connectivity index (χ4v) is 5.16. The highest BCUT2D eigenvalue weighted by molar-refractivity contribution is 8.13. The van der Waals surface area contributed by atoms with Gasteiger partial charge in [0.25, 0.3) is 9.05 Å². The van der Waals surface area contributed by atoms with Crippen molar-refractivity contribution >= 4 is 53.1 Å². The van der Waals surface area contributed by atoms with Crippen LogP contribution in [-0.2, 0) is 38.0 Å². The largest absolute Gasteiger partial charge is 0.468 e. The Balaban J connectivity index is 0. The molecule has 0 N–H and O–H groups in total. The molecule has 0 spiro atoms. The summed E-state index contributed by atoms with van der Waals surface area (Å²) in [6.07, 6.45) is 0. The van der Waals surface area contributed by atoms with Gasteiger partial charge in [-0.1, -0.05) is 55.8 Å². The summed E-state index contributed by atoms with van der Waals surface area (Å²) in [7, 11) is 0.412. The van der Waals surface area contributed by atoms with Crippen molar-refractivity contribution in [2.75, 3.05) is 20.0 Å². The summed E-state index contributed by atoms with van der Waals surface area (Å²) in [5, 5.41) is 0. The normalized spacial score (nSPS) is 11.9. The number of hydrogen-bond donors (Lipinski definition) is 0. The highest BCUT2D eigenvalue weighted by Gasteiger charge is 2.37. The number of ether oxygens (including phenoxy) is 2. The van der Waals surface area contributed by atoms with Crippen LogP contribution in [-0.4, -0.2) is 53.6 Å². The van der Waals surface area contributed by atoms with Crippen molar-refractivity contribution < 1.29 is 35.9 Å². The highest BCUT2D eigenvalue weighted by atomic mass is 35.7. The summed E-state index contributed by atoms with van der Waals surface area (Å²) in [6, 6.07) is 12.7. The Labute approximate surface area is 236 Å². The number of benzene rings is 2. The van der Waals surface area contributed by atoms with Crippen LogP contribution in [0.4, 0.5) is 0 Å². The van der Waals surface area contributed by atoms with Crippen LogP contribution >= 0.6 is 22.3 Å². The molecule has 2 rings (SSSR count). The van der Waals surface area contributed by atoms with Gasteiger partial charge in [0.2, 0.25) is 0 Å². The first-order valence-electron chi connectivity index (χ1n) is 11.2. The molecule has 2 aromatic rings. The van der Waals surface area contributed by atoms with E-state index in [0.717, 1.165) is 11.1 Å². The van der Waals surface area contributed by atoms with E-state index in [4.69, 9.17) is 22.3 Å². The fraction of sp³-hybridized carbons (Fsp3) is 0.385. The molecular weight excluding hydrogens is 575 g/mol. The van der Waals surface area contributed by atoms with Crippen molar-refractivity contribution in [3.8, 4) is 0 Å². The lowest BCUT2D eigenvalue weighted by Gasteiger charge is -2.18. The molecule has 12 heteroatoms. The van der Waals surface area contributed by atoms with E-state index in [1.165, 1.54) is 45.4 Å². The molecule has 1 unspecified atom stereocenters. The molecule has 0 aliphatic heterocycles. The van der Waals surface area contributed by atoms with Crippen LogP contribution < -0.4 is 0 Å². The van der Waals surface area contributed by atoms with Crippen molar-refractivity contribution in [3.05, 3.63) is 71.8 Å². The molecule has 0 radical (unpaired) electrons. The Hall–Kier alpha value is -2.40. The molecule has 0 fully saturated rings. The van der Waals surface area contributed by atoms with Gasteiger partial charge >= 0.3 is 11.9 Å². The van der Waals surface area contributed by atoms with E-state index in [2.05, 4.69) is 16.1 Å². The third-order valence-electron chi connectivity index (χ3n) is 4.29. The average Bonchev–Trinajstić information content (AvgIpc) is 2.84. The van der Waals surface area contributed by atoms with Gasteiger partial charge in [-0.3, -0.25) is 4.79 Å². The first-order chi connectivity index (χ1) is 17.4. The predicted molar refractivity (Wildman–Crippen MR) is 152 cm³/mol. The van der Waals surface area contributed by atoms with Gasteiger partial charge in [0.1, 0.15) is 0 Å². The smallest absolute Gasteiger partial charge is 0.332 e. The number of halogens is 2. The van der Waals surface area contributed by atoms with Crippen LogP contribution in [0.2, 0.25) is 0 Å². The van der Waals surface area contributed by atoms with Crippen LogP contribution in [0.15, 0.2) is 70.5 Å². The van der Waals surface area contributed by atoms with E-state index in [9.17, 15) is 26.4 Å².